The number of hydrogen-bond donors (Lipinski definition) is 5. The highest BCUT2D eigenvalue weighted by molar-refractivity contribution is 6.46. The van der Waals surface area contributed by atoms with Crippen LogP contribution in [0.2, 0.25) is 0 Å². The molecule has 0 aromatic carbocycles. The van der Waals surface area contributed by atoms with E-state index >= 15 is 0 Å². The van der Waals surface area contributed by atoms with Crippen LogP contribution in [0.25, 0.3) is 0 Å². The molecule has 0 atom stereocenters. The van der Waals surface area contributed by atoms with Crippen LogP contribution in [0.15, 0.2) is 12.7 Å². The van der Waals surface area contributed by atoms with Gasteiger partial charge in [0.1, 0.15) is 0 Å². The summed E-state index contributed by atoms with van der Waals surface area (Å²) in [5.74, 6) is 0. The molecule has 0 aromatic heterocycles. The van der Waals surface area contributed by atoms with Crippen LogP contribution in [0, 0.1) is 0 Å². The van der Waals surface area contributed by atoms with Crippen molar-refractivity contribution in [3.05, 3.63) is 12.7 Å². The monoisotopic (exact) mass is 252 g/mol. The number of unbranched alkanes of at least 4 members (excludes halogenated alkanes) is 6. The van der Waals surface area contributed by atoms with Crippen LogP contribution in [-0.4, -0.2) is 39.9 Å². The summed E-state index contributed by atoms with van der Waals surface area (Å²) in [6, 6.07) is 0. The van der Waals surface area contributed by atoms with Crippen molar-refractivity contribution >= 4 is 9.05 Å². The summed E-state index contributed by atoms with van der Waals surface area (Å²) in [6.07, 6.45) is 10.5. The standard InChI is InChI=1S/C10H20O.H4O4Si/c1-2-3-4-5-6-7-8-9-10-11;1-5(2,3)4/h2,11H,1,3-10H2;1-4H. The molecule has 0 aromatic rings. The van der Waals surface area contributed by atoms with Crippen LogP contribution in [0.3, 0.4) is 0 Å². The molecule has 16 heavy (non-hydrogen) atoms. The average molecular weight is 252 g/mol. The molecule has 0 fully saturated rings. The molecule has 0 unspecified atom stereocenters. The first-order valence-corrected chi connectivity index (χ1v) is 7.32. The summed E-state index contributed by atoms with van der Waals surface area (Å²) in [5.41, 5.74) is 0. The molecule has 0 rings (SSSR count). The second-order valence-corrected chi connectivity index (χ2v) is 4.72. The number of aliphatic hydroxyl groups excluding tert-OH is 1. The van der Waals surface area contributed by atoms with Crippen molar-refractivity contribution in [3.8, 4) is 0 Å². The quantitative estimate of drug-likeness (QED) is 0.243. The van der Waals surface area contributed by atoms with E-state index in [-0.39, 0.29) is 0 Å². The molecule has 0 heterocycles. The first-order valence-electron chi connectivity index (χ1n) is 5.53. The average Bonchev–Trinajstić information content (AvgIpc) is 2.14. The molecule has 98 valence electrons. The lowest BCUT2D eigenvalue weighted by atomic mass is 10.1. The highest BCUT2D eigenvalue weighted by Crippen LogP contribution is 2.06. The highest BCUT2D eigenvalue weighted by atomic mass is 28.4. The maximum absolute atomic E-state index is 8.49. The van der Waals surface area contributed by atoms with Crippen LogP contribution in [0.1, 0.15) is 44.9 Å². The summed E-state index contributed by atoms with van der Waals surface area (Å²) in [4.78, 5) is 29.3. The Bertz CT molecular complexity index is 141. The first kappa shape index (κ1) is 18.1. The van der Waals surface area contributed by atoms with Gasteiger partial charge in [0.05, 0.1) is 0 Å². The Labute approximate surface area is 98.2 Å². The number of aliphatic hydroxyl groups is 1. The molecule has 0 saturated carbocycles. The Morgan fingerprint density at radius 2 is 1.19 bits per heavy atom. The summed E-state index contributed by atoms with van der Waals surface area (Å²) in [5, 5.41) is 8.49. The zero-order chi connectivity index (χ0) is 12.9. The third-order valence-electron chi connectivity index (χ3n) is 1.82. The van der Waals surface area contributed by atoms with Crippen molar-refractivity contribution in [3.63, 3.8) is 0 Å². The molecule has 0 spiro atoms. The minimum atomic E-state index is -4.61. The molecule has 5 N–H and O–H groups in total. The molecule has 6 heteroatoms. The summed E-state index contributed by atoms with van der Waals surface area (Å²) in [6.45, 7) is 4.03. The summed E-state index contributed by atoms with van der Waals surface area (Å²) < 4.78 is 0. The van der Waals surface area contributed by atoms with Crippen molar-refractivity contribution in [2.45, 2.75) is 44.9 Å². The van der Waals surface area contributed by atoms with Gasteiger partial charge in [-0.15, -0.1) is 6.58 Å². The number of hydrogen-bond acceptors (Lipinski definition) is 5. The van der Waals surface area contributed by atoms with Crippen LogP contribution in [-0.2, 0) is 0 Å². The normalized spacial score (nSPS) is 10.6. The lowest BCUT2D eigenvalue weighted by Crippen LogP contribution is -2.33. The fraction of sp³-hybridized carbons (Fsp3) is 0.800. The van der Waals surface area contributed by atoms with E-state index in [2.05, 4.69) is 6.58 Å². The second kappa shape index (κ2) is 12.8. The van der Waals surface area contributed by atoms with Gasteiger partial charge >= 0.3 is 9.05 Å². The Morgan fingerprint density at radius 3 is 1.56 bits per heavy atom. The smallest absolute Gasteiger partial charge is 0.396 e. The van der Waals surface area contributed by atoms with Crippen molar-refractivity contribution in [1.29, 1.82) is 0 Å². The fourth-order valence-corrected chi connectivity index (χ4v) is 1.11. The molecule has 0 saturated heterocycles. The molecule has 0 radical (unpaired) electrons. The predicted octanol–water partition coefficient (Wildman–Crippen LogP) is 0.287. The molecule has 0 aliphatic rings. The Balaban J connectivity index is 0. The van der Waals surface area contributed by atoms with Gasteiger partial charge < -0.3 is 24.3 Å². The lowest BCUT2D eigenvalue weighted by molar-refractivity contribution is 0.117. The predicted molar refractivity (Wildman–Crippen MR) is 64.2 cm³/mol. The maximum Gasteiger partial charge on any atom is 0.668 e. The Kier molecular flexibility index (Phi) is 14.5. The lowest BCUT2D eigenvalue weighted by Gasteiger charge is -1.97. The van der Waals surface area contributed by atoms with Crippen LogP contribution in [0.4, 0.5) is 0 Å². The van der Waals surface area contributed by atoms with E-state index in [0.29, 0.717) is 6.61 Å². The molecule has 0 aliphatic heterocycles. The van der Waals surface area contributed by atoms with Crippen LogP contribution in [0.5, 0.6) is 0 Å². The van der Waals surface area contributed by atoms with Gasteiger partial charge in [0.25, 0.3) is 0 Å². The maximum atomic E-state index is 8.49. The van der Waals surface area contributed by atoms with Crippen LogP contribution < -0.4 is 0 Å². The third kappa shape index (κ3) is 37.2. The van der Waals surface area contributed by atoms with Gasteiger partial charge in [-0.25, -0.2) is 0 Å². The van der Waals surface area contributed by atoms with Gasteiger partial charge in [0.15, 0.2) is 0 Å². The van der Waals surface area contributed by atoms with Crippen molar-refractivity contribution in [2.24, 2.45) is 0 Å². The Morgan fingerprint density at radius 1 is 0.812 bits per heavy atom. The summed E-state index contributed by atoms with van der Waals surface area (Å²) in [7, 11) is -4.61. The van der Waals surface area contributed by atoms with E-state index in [1.807, 2.05) is 6.08 Å². The molecular formula is C10H24O5Si. The van der Waals surface area contributed by atoms with Crippen molar-refractivity contribution < 1.29 is 24.3 Å². The van der Waals surface area contributed by atoms with E-state index in [1.54, 1.807) is 0 Å². The molecule has 0 aliphatic carbocycles. The third-order valence-corrected chi connectivity index (χ3v) is 1.82. The summed E-state index contributed by atoms with van der Waals surface area (Å²) >= 11 is 0. The molecule has 0 amide bonds. The molecular weight excluding hydrogens is 228 g/mol. The minimum absolute atomic E-state index is 0.354. The van der Waals surface area contributed by atoms with Gasteiger partial charge in [-0.05, 0) is 19.3 Å². The zero-order valence-corrected chi connectivity index (χ0v) is 10.7. The fourth-order valence-electron chi connectivity index (χ4n) is 1.11. The van der Waals surface area contributed by atoms with E-state index in [0.717, 1.165) is 12.8 Å². The van der Waals surface area contributed by atoms with Gasteiger partial charge in [-0.2, -0.15) is 0 Å². The van der Waals surface area contributed by atoms with Crippen molar-refractivity contribution in [1.82, 2.24) is 0 Å². The first-order chi connectivity index (χ1) is 7.41. The zero-order valence-electron chi connectivity index (χ0n) is 9.68. The molecule has 5 nitrogen and oxygen atoms in total. The van der Waals surface area contributed by atoms with Crippen molar-refractivity contribution in [2.75, 3.05) is 6.61 Å². The largest absolute Gasteiger partial charge is 0.668 e. The second-order valence-electron chi connectivity index (χ2n) is 3.52. The van der Waals surface area contributed by atoms with E-state index in [1.165, 1.54) is 32.1 Å². The minimum Gasteiger partial charge on any atom is -0.396 e. The van der Waals surface area contributed by atoms with Gasteiger partial charge in [-0.3, -0.25) is 0 Å². The van der Waals surface area contributed by atoms with Gasteiger partial charge in [-0.1, -0.05) is 31.8 Å². The highest BCUT2D eigenvalue weighted by Gasteiger charge is 2.22. The van der Waals surface area contributed by atoms with Gasteiger partial charge in [0, 0.05) is 6.61 Å². The Hall–Kier alpha value is -0.243. The van der Waals surface area contributed by atoms with E-state index < -0.39 is 9.05 Å². The van der Waals surface area contributed by atoms with E-state index in [9.17, 15) is 0 Å². The van der Waals surface area contributed by atoms with E-state index in [4.69, 9.17) is 24.3 Å². The number of rotatable bonds is 8. The number of allylic oxidation sites excluding steroid dienone is 1. The molecule has 0 bridgehead atoms. The van der Waals surface area contributed by atoms with Gasteiger partial charge in [0.2, 0.25) is 0 Å². The van der Waals surface area contributed by atoms with Crippen LogP contribution >= 0.6 is 0 Å². The topological polar surface area (TPSA) is 101 Å². The SMILES string of the molecule is C=CCCCCCCCCO.O[Si](O)(O)O.